The predicted octanol–water partition coefficient (Wildman–Crippen LogP) is 4.54. The van der Waals surface area contributed by atoms with E-state index in [1.54, 1.807) is 7.11 Å². The van der Waals surface area contributed by atoms with Crippen LogP contribution in [-0.4, -0.2) is 55.3 Å². The van der Waals surface area contributed by atoms with Gasteiger partial charge in [-0.15, -0.1) is 0 Å². The number of hydrogen-bond donors (Lipinski definition) is 3. The summed E-state index contributed by atoms with van der Waals surface area (Å²) in [7, 11) is 4.39. The lowest BCUT2D eigenvalue weighted by atomic mass is 10.1. The molecule has 0 atom stereocenters. The monoisotopic (exact) mass is 561 g/mol. The zero-order chi connectivity index (χ0) is 28.5. The number of halogens is 3. The average molecular weight is 562 g/mol. The molecular formula is C27H30ClF2N5O4. The normalized spacial score (nSPS) is 11.3. The van der Waals surface area contributed by atoms with Crippen LogP contribution >= 0.6 is 11.6 Å². The first-order valence-corrected chi connectivity index (χ1v) is 12.4. The fourth-order valence-corrected chi connectivity index (χ4v) is 3.92. The molecule has 0 unspecified atom stereocenters. The summed E-state index contributed by atoms with van der Waals surface area (Å²) >= 11 is 6.31. The van der Waals surface area contributed by atoms with Crippen molar-refractivity contribution in [2.45, 2.75) is 13.3 Å². The Balaban J connectivity index is 1.64. The molecule has 0 bridgehead atoms. The van der Waals surface area contributed by atoms with Crippen molar-refractivity contribution in [2.24, 2.45) is 7.05 Å². The molecule has 2 amide bonds. The summed E-state index contributed by atoms with van der Waals surface area (Å²) in [6.07, 6.45) is 3.97. The molecule has 9 nitrogen and oxygen atoms in total. The number of methoxy groups -OCH3 is 2. The largest absolute Gasteiger partial charge is 0.494 e. The number of amides is 2. The third-order valence-electron chi connectivity index (χ3n) is 5.75. The highest BCUT2D eigenvalue weighted by Crippen LogP contribution is 2.30. The second-order valence-electron chi connectivity index (χ2n) is 8.59. The summed E-state index contributed by atoms with van der Waals surface area (Å²) in [4.78, 5) is 29.5. The lowest BCUT2D eigenvalue weighted by molar-refractivity contribution is 0.0956. The standard InChI is InChI=1S/C27H30ClF2N5O4/c1-16(13-31-10-5-11-38-3)14-33-26(36)18-7-6-17(12-20(18)28)34-27(37)25-32-15-21(35(25)2)19-8-9-22(39-4)24(30)23(19)29/h6-9,12-13,15,31H,5,10-11,14H2,1-4H3,(H,33,36)(H,34,37)/b16-13+. The molecule has 0 aliphatic rings. The molecular weight excluding hydrogens is 532 g/mol. The van der Waals surface area contributed by atoms with E-state index in [9.17, 15) is 18.4 Å². The fraction of sp³-hybridized carbons (Fsp3) is 0.296. The van der Waals surface area contributed by atoms with Crippen LogP contribution in [0.1, 0.15) is 34.3 Å². The third kappa shape index (κ3) is 7.33. The number of aromatic nitrogens is 2. The number of imidazole rings is 1. The van der Waals surface area contributed by atoms with Crippen molar-refractivity contribution >= 4 is 29.1 Å². The number of nitrogens with zero attached hydrogens (tertiary/aromatic N) is 2. The van der Waals surface area contributed by atoms with Crippen molar-refractivity contribution in [3.63, 3.8) is 0 Å². The van der Waals surface area contributed by atoms with Gasteiger partial charge in [0.2, 0.25) is 5.82 Å². The molecule has 39 heavy (non-hydrogen) atoms. The summed E-state index contributed by atoms with van der Waals surface area (Å²) in [6, 6.07) is 7.10. The van der Waals surface area contributed by atoms with E-state index in [0.717, 1.165) is 18.5 Å². The highest BCUT2D eigenvalue weighted by molar-refractivity contribution is 6.34. The lowest BCUT2D eigenvalue weighted by Crippen LogP contribution is -2.26. The third-order valence-corrected chi connectivity index (χ3v) is 6.06. The Hall–Kier alpha value is -3.96. The van der Waals surface area contributed by atoms with Crippen LogP contribution in [-0.2, 0) is 11.8 Å². The van der Waals surface area contributed by atoms with Gasteiger partial charge in [0, 0.05) is 45.1 Å². The SMILES string of the molecule is COCCCN/C=C(\C)CNC(=O)c1ccc(NC(=O)c2ncc(-c3ccc(OC)c(F)c3F)n2C)cc1Cl. The van der Waals surface area contributed by atoms with Crippen LogP contribution in [0.3, 0.4) is 0 Å². The van der Waals surface area contributed by atoms with E-state index in [0.29, 0.717) is 18.8 Å². The van der Waals surface area contributed by atoms with Gasteiger partial charge in [0.1, 0.15) is 0 Å². The molecule has 0 fully saturated rings. The summed E-state index contributed by atoms with van der Waals surface area (Å²) in [6.45, 7) is 3.63. The van der Waals surface area contributed by atoms with E-state index in [4.69, 9.17) is 21.1 Å². The van der Waals surface area contributed by atoms with E-state index in [2.05, 4.69) is 20.9 Å². The van der Waals surface area contributed by atoms with E-state index in [-0.39, 0.29) is 39.3 Å². The van der Waals surface area contributed by atoms with Crippen LogP contribution in [0.4, 0.5) is 14.5 Å². The maximum absolute atomic E-state index is 14.6. The van der Waals surface area contributed by atoms with Crippen LogP contribution in [0.2, 0.25) is 5.02 Å². The first-order valence-electron chi connectivity index (χ1n) is 12.0. The van der Waals surface area contributed by atoms with Gasteiger partial charge >= 0.3 is 0 Å². The Morgan fingerprint density at radius 1 is 1.13 bits per heavy atom. The molecule has 0 saturated heterocycles. The number of anilines is 1. The molecule has 3 aromatic rings. The van der Waals surface area contributed by atoms with Gasteiger partial charge in [0.15, 0.2) is 17.4 Å². The first kappa shape index (κ1) is 29.6. The fourth-order valence-electron chi connectivity index (χ4n) is 3.65. The number of carbonyl (C=O) groups is 2. The van der Waals surface area contributed by atoms with Gasteiger partial charge in [-0.3, -0.25) is 9.59 Å². The molecule has 12 heteroatoms. The average Bonchev–Trinajstić information content (AvgIpc) is 3.29. The Kier molecular flexibility index (Phi) is 10.4. The number of rotatable bonds is 12. The Morgan fingerprint density at radius 2 is 1.90 bits per heavy atom. The molecule has 1 heterocycles. The maximum atomic E-state index is 14.6. The van der Waals surface area contributed by atoms with Gasteiger partial charge in [-0.25, -0.2) is 9.37 Å². The van der Waals surface area contributed by atoms with E-state index in [1.807, 2.05) is 13.1 Å². The minimum absolute atomic E-state index is 0.0448. The number of benzene rings is 2. The van der Waals surface area contributed by atoms with Crippen LogP contribution < -0.4 is 20.7 Å². The summed E-state index contributed by atoms with van der Waals surface area (Å²) in [5, 5.41) is 8.74. The highest BCUT2D eigenvalue weighted by Gasteiger charge is 2.21. The predicted molar refractivity (Wildman–Crippen MR) is 145 cm³/mol. The molecule has 0 aliphatic heterocycles. The summed E-state index contributed by atoms with van der Waals surface area (Å²) in [5.74, 6) is -3.51. The highest BCUT2D eigenvalue weighted by atomic mass is 35.5. The van der Waals surface area contributed by atoms with Crippen molar-refractivity contribution in [3.8, 4) is 17.0 Å². The first-order chi connectivity index (χ1) is 18.7. The summed E-state index contributed by atoms with van der Waals surface area (Å²) < 4.78 is 39.9. The molecule has 3 rings (SSSR count). The van der Waals surface area contributed by atoms with Crippen molar-refractivity contribution in [1.82, 2.24) is 20.2 Å². The summed E-state index contributed by atoms with van der Waals surface area (Å²) in [5.41, 5.74) is 1.61. The Bertz CT molecular complexity index is 1380. The van der Waals surface area contributed by atoms with E-state index >= 15 is 0 Å². The molecule has 208 valence electrons. The van der Waals surface area contributed by atoms with E-state index in [1.165, 1.54) is 55.3 Å². The molecule has 3 N–H and O–H groups in total. The minimum Gasteiger partial charge on any atom is -0.494 e. The zero-order valence-electron chi connectivity index (χ0n) is 22.0. The van der Waals surface area contributed by atoms with Gasteiger partial charge in [-0.1, -0.05) is 11.6 Å². The van der Waals surface area contributed by atoms with Crippen LogP contribution in [0.15, 0.2) is 48.3 Å². The second kappa shape index (κ2) is 13.7. The van der Waals surface area contributed by atoms with Gasteiger partial charge < -0.3 is 30.0 Å². The van der Waals surface area contributed by atoms with Gasteiger partial charge in [-0.2, -0.15) is 4.39 Å². The van der Waals surface area contributed by atoms with Crippen LogP contribution in [0.25, 0.3) is 11.3 Å². The topological polar surface area (TPSA) is 107 Å². The molecule has 0 aliphatic carbocycles. The van der Waals surface area contributed by atoms with Gasteiger partial charge in [-0.05, 0) is 55.4 Å². The van der Waals surface area contributed by atoms with Crippen molar-refractivity contribution in [1.29, 1.82) is 0 Å². The zero-order valence-corrected chi connectivity index (χ0v) is 22.8. The smallest absolute Gasteiger partial charge is 0.291 e. The van der Waals surface area contributed by atoms with Crippen molar-refractivity contribution < 1.29 is 27.8 Å². The number of ether oxygens (including phenoxy) is 2. The molecule has 0 spiro atoms. The Labute approximate surface area is 230 Å². The molecule has 1 aromatic heterocycles. The lowest BCUT2D eigenvalue weighted by Gasteiger charge is -2.11. The minimum atomic E-state index is -1.14. The van der Waals surface area contributed by atoms with Crippen molar-refractivity contribution in [3.05, 3.63) is 76.3 Å². The van der Waals surface area contributed by atoms with Crippen LogP contribution in [0, 0.1) is 11.6 Å². The van der Waals surface area contributed by atoms with Gasteiger partial charge in [0.25, 0.3) is 11.8 Å². The molecule has 0 saturated carbocycles. The van der Waals surface area contributed by atoms with Crippen LogP contribution in [0.5, 0.6) is 5.75 Å². The number of hydrogen-bond acceptors (Lipinski definition) is 6. The van der Waals surface area contributed by atoms with Crippen molar-refractivity contribution in [2.75, 3.05) is 39.2 Å². The second-order valence-corrected chi connectivity index (χ2v) is 9.00. The molecule has 2 aromatic carbocycles. The van der Waals surface area contributed by atoms with E-state index < -0.39 is 17.5 Å². The Morgan fingerprint density at radius 3 is 2.59 bits per heavy atom. The maximum Gasteiger partial charge on any atom is 0.291 e. The number of nitrogens with one attached hydrogen (secondary N) is 3. The molecule has 0 radical (unpaired) electrons. The number of carbonyl (C=O) groups excluding carboxylic acids is 2. The van der Waals surface area contributed by atoms with Gasteiger partial charge in [0.05, 0.1) is 29.6 Å². The quantitative estimate of drug-likeness (QED) is 0.280.